The van der Waals surface area contributed by atoms with Crippen LogP contribution in [-0.4, -0.2) is 106 Å². The second-order valence-corrected chi connectivity index (χ2v) is 40.9. The quantitative estimate of drug-likeness (QED) is 0.109. The zero-order valence-electron chi connectivity index (χ0n) is 66.7. The number of carbonyl (C=O) groups excluding carboxylic acids is 10. The van der Waals surface area contributed by atoms with E-state index in [0.717, 1.165) is 109 Å². The molecule has 0 aromatic heterocycles. The number of carbonyl (C=O) groups is 10. The fourth-order valence-electron chi connectivity index (χ4n) is 22.1. The third-order valence-electron chi connectivity index (χ3n) is 28.4. The van der Waals surface area contributed by atoms with Crippen LogP contribution in [0.3, 0.4) is 0 Å². The van der Waals surface area contributed by atoms with Crippen molar-refractivity contribution in [3.05, 3.63) is 0 Å². The molecule has 10 aliphatic carbocycles. The smallest absolute Gasteiger partial charge is 0.350 e. The number of fused-ring (bicyclic) bond motifs is 5. The molecule has 0 radical (unpaired) electrons. The van der Waals surface area contributed by atoms with Crippen molar-refractivity contribution in [2.45, 2.75) is 445 Å². The Balaban J connectivity index is 0.000000698. The number of hydrogen-bond donors (Lipinski definition) is 0. The lowest BCUT2D eigenvalue weighted by atomic mass is 9.53. The standard InChI is InChI=1S/2C18H28O4.3C16H24O4.10CH4/c1-6-15(2,3)14(20)22-18-8-12-7-16(4,10-18)9-17(5,11-18)21-13(12)19;1-6-15(2,3)14(20)22-18-10-16(4)7-12(13(19)21-18)8-17(5,9-16)11-18;1-4-15(2,3)13(17)20-16-8-10-5-11(9-16)7-12(6-10)19-14(16)18;1-4-15(2,3)14(18)20-16-8-10-5-11(9-16)7-12(6-10)13(17)19-16;1-4-15(2,3)14(18)20-16-7-10-5-11(8-16)13(17)19-12(6-10)9-16;;;;;;;;;;/h2*12H,6-11H2,1-5H3;3*10-12H,4-9H2,1-3H3;10*1H4. The van der Waals surface area contributed by atoms with E-state index in [1.54, 1.807) is 0 Å². The van der Waals surface area contributed by atoms with Crippen molar-refractivity contribution in [2.75, 3.05) is 0 Å². The Morgan fingerprint density at radius 1 is 0.316 bits per heavy atom. The van der Waals surface area contributed by atoms with Crippen molar-refractivity contribution < 1.29 is 95.3 Å². The maximum atomic E-state index is 12.6. The van der Waals surface area contributed by atoms with E-state index in [4.69, 9.17) is 47.4 Å². The average molecular weight is 1620 g/mol. The maximum Gasteiger partial charge on any atom is 0.350 e. The van der Waals surface area contributed by atoms with E-state index in [0.29, 0.717) is 113 Å². The van der Waals surface area contributed by atoms with Gasteiger partial charge in [-0.1, -0.05) is 130 Å². The highest BCUT2D eigenvalue weighted by Crippen LogP contribution is 2.65. The predicted octanol–water partition coefficient (Wildman–Crippen LogP) is 22.5. The Bertz CT molecular complexity index is 3330. The fraction of sp³-hybridized carbons (Fsp3) is 0.894. The van der Waals surface area contributed by atoms with Gasteiger partial charge >= 0.3 is 59.7 Å². The van der Waals surface area contributed by atoms with E-state index in [9.17, 15) is 47.9 Å². The molecule has 10 saturated carbocycles. The summed E-state index contributed by atoms with van der Waals surface area (Å²) in [5, 5.41) is 0. The second-order valence-electron chi connectivity index (χ2n) is 40.9. The van der Waals surface area contributed by atoms with Crippen LogP contribution in [0.4, 0.5) is 0 Å². The van der Waals surface area contributed by atoms with Crippen LogP contribution in [0, 0.1) is 96.6 Å². The highest BCUT2D eigenvalue weighted by atomic mass is 16.7. The lowest BCUT2D eigenvalue weighted by Crippen LogP contribution is -2.56. The molecule has 0 spiro atoms. The third kappa shape index (κ3) is 22.0. The molecule has 14 unspecified atom stereocenters. The molecular weight excluding hydrogens is 1450 g/mol. The summed E-state index contributed by atoms with van der Waals surface area (Å²) in [6.45, 7) is 37.5. The van der Waals surface area contributed by atoms with Gasteiger partial charge in [-0.3, -0.25) is 43.2 Å². The van der Waals surface area contributed by atoms with Crippen molar-refractivity contribution in [2.24, 2.45) is 96.6 Å². The Labute approximate surface area is 692 Å². The molecular formula is C94H168O20. The Hall–Kier alpha value is -5.30. The van der Waals surface area contributed by atoms with E-state index in [1.807, 2.05) is 111 Å². The third-order valence-corrected chi connectivity index (χ3v) is 28.4. The highest BCUT2D eigenvalue weighted by Gasteiger charge is 2.67. The lowest BCUT2D eigenvalue weighted by Gasteiger charge is -2.54. The van der Waals surface area contributed by atoms with Gasteiger partial charge in [-0.15, -0.1) is 0 Å². The molecule has 0 N–H and O–H groups in total. The molecule has 20 fully saturated rings. The van der Waals surface area contributed by atoms with Gasteiger partial charge in [0.1, 0.15) is 29.0 Å². The van der Waals surface area contributed by atoms with Gasteiger partial charge in [0.2, 0.25) is 5.60 Å². The minimum atomic E-state index is -1.05. The number of ether oxygens (including phenoxy) is 10. The molecule has 20 aliphatic rings. The average Bonchev–Trinajstić information content (AvgIpc) is 1.51. The van der Waals surface area contributed by atoms with Gasteiger partial charge < -0.3 is 47.4 Å². The molecule has 0 aromatic rings. The topological polar surface area (TPSA) is 263 Å². The summed E-state index contributed by atoms with van der Waals surface area (Å²) < 4.78 is 57.8. The van der Waals surface area contributed by atoms with E-state index in [2.05, 4.69) is 20.8 Å². The Morgan fingerprint density at radius 2 is 0.667 bits per heavy atom. The van der Waals surface area contributed by atoms with Gasteiger partial charge in [0.25, 0.3) is 11.6 Å². The summed E-state index contributed by atoms with van der Waals surface area (Å²) in [4.78, 5) is 124. The zero-order chi connectivity index (χ0) is 76.4. The Kier molecular flexibility index (Phi) is 34.8. The van der Waals surface area contributed by atoms with Crippen LogP contribution in [0.15, 0.2) is 0 Å². The van der Waals surface area contributed by atoms with E-state index in [1.165, 1.54) is 0 Å². The number of esters is 10. The van der Waals surface area contributed by atoms with Crippen molar-refractivity contribution in [1.82, 2.24) is 0 Å². The van der Waals surface area contributed by atoms with Crippen LogP contribution in [0.25, 0.3) is 0 Å². The first-order valence-electron chi connectivity index (χ1n) is 40.3. The van der Waals surface area contributed by atoms with Crippen LogP contribution in [-0.2, 0) is 95.3 Å². The number of hydrogen-bond acceptors (Lipinski definition) is 20. The van der Waals surface area contributed by atoms with Crippen LogP contribution < -0.4 is 0 Å². The molecule has 20 rings (SSSR count). The van der Waals surface area contributed by atoms with Crippen LogP contribution in [0.2, 0.25) is 0 Å². The van der Waals surface area contributed by atoms with Gasteiger partial charge in [-0.2, -0.15) is 0 Å². The molecule has 10 heterocycles. The minimum absolute atomic E-state index is 0. The fourth-order valence-corrected chi connectivity index (χ4v) is 22.1. The summed E-state index contributed by atoms with van der Waals surface area (Å²) in [6, 6.07) is 0. The maximum absolute atomic E-state index is 12.6. The van der Waals surface area contributed by atoms with Crippen LogP contribution in [0.5, 0.6) is 0 Å². The summed E-state index contributed by atoms with van der Waals surface area (Å²) in [7, 11) is 0. The van der Waals surface area contributed by atoms with Crippen molar-refractivity contribution >= 4 is 59.7 Å². The monoisotopic (exact) mass is 1620 g/mol. The summed E-state index contributed by atoms with van der Waals surface area (Å²) in [5.74, 6) is -1.72. The molecule has 0 aromatic carbocycles. The largest absolute Gasteiger partial charge is 0.462 e. The summed E-state index contributed by atoms with van der Waals surface area (Å²) >= 11 is 0. The summed E-state index contributed by atoms with van der Waals surface area (Å²) in [5.41, 5.74) is -4.95. The van der Waals surface area contributed by atoms with Gasteiger partial charge in [-0.05, 0) is 250 Å². The molecule has 664 valence electrons. The van der Waals surface area contributed by atoms with Crippen molar-refractivity contribution in [3.63, 3.8) is 0 Å². The van der Waals surface area contributed by atoms with Crippen molar-refractivity contribution in [1.29, 1.82) is 0 Å². The second kappa shape index (κ2) is 37.1. The van der Waals surface area contributed by atoms with Gasteiger partial charge in [0, 0.05) is 64.2 Å². The zero-order valence-corrected chi connectivity index (χ0v) is 66.7. The van der Waals surface area contributed by atoms with E-state index >= 15 is 0 Å². The van der Waals surface area contributed by atoms with E-state index < -0.39 is 61.1 Å². The first-order valence-corrected chi connectivity index (χ1v) is 40.3. The van der Waals surface area contributed by atoms with Gasteiger partial charge in [0.05, 0.1) is 50.7 Å². The van der Waals surface area contributed by atoms with E-state index in [-0.39, 0.29) is 186 Å². The highest BCUT2D eigenvalue weighted by molar-refractivity contribution is 5.86. The van der Waals surface area contributed by atoms with Gasteiger partial charge in [-0.25, -0.2) is 4.79 Å². The lowest BCUT2D eigenvalue weighted by molar-refractivity contribution is -0.260. The van der Waals surface area contributed by atoms with Crippen LogP contribution in [0.1, 0.15) is 398 Å². The molecule has 20 heteroatoms. The normalized spacial score (nSPS) is 37.6. The molecule has 20 bridgehead atoms. The van der Waals surface area contributed by atoms with Crippen molar-refractivity contribution in [3.8, 4) is 0 Å². The molecule has 114 heavy (non-hydrogen) atoms. The summed E-state index contributed by atoms with van der Waals surface area (Å²) in [6.07, 6.45) is 24.4. The number of rotatable bonds is 15. The SMILES string of the molecule is C.C.C.C.C.C.C.C.C.C.CCC(C)(C)C(=O)OC12CC3(C)CC(CC(C)(C3)C1)C(=O)O2.CCC(C)(C)C(=O)OC12CC3CC(C)(CC(C)(C1)OC3=O)C2.CCC(C)(C)C(=O)OC12CC3CC(C1)OC(=O)C(C3)C2.CCC(C)(C)C(=O)OC12CC3CC(CC(C3)C(=O)O1)C2.CCC(C)(C)C(=O)OC12CC3CC(CC(C3)OC1=O)C2. The first kappa shape index (κ1) is 107. The predicted molar refractivity (Wildman–Crippen MR) is 449 cm³/mol. The molecule has 14 atom stereocenters. The van der Waals surface area contributed by atoms with Crippen LogP contribution >= 0.6 is 0 Å². The van der Waals surface area contributed by atoms with Gasteiger partial charge in [0.15, 0.2) is 0 Å². The Morgan fingerprint density at radius 3 is 1.13 bits per heavy atom. The molecule has 10 aliphatic heterocycles. The molecule has 10 saturated heterocycles. The first-order chi connectivity index (χ1) is 48.0. The minimum Gasteiger partial charge on any atom is -0.462 e. The molecule has 0 amide bonds. The molecule has 20 nitrogen and oxygen atoms in total.